The maximum Gasteiger partial charge on any atom is 0.355 e. The van der Waals surface area contributed by atoms with Crippen LogP contribution in [0.3, 0.4) is 0 Å². The van der Waals surface area contributed by atoms with Crippen LogP contribution in [0, 0.1) is 42.4 Å². The molecule has 6 aliphatic rings. The molecule has 7 heterocycles. The number of nitrogens with one attached hydrogen (secondary N) is 3. The fourth-order valence-electron chi connectivity index (χ4n) is 17.2. The Morgan fingerprint density at radius 3 is 2.33 bits per heavy atom. The normalized spacial score (nSPS) is 23.8. The molecule has 1 saturated heterocycles. The molecule has 5 fully saturated rings. The minimum absolute atomic E-state index is 0.0226. The van der Waals surface area contributed by atoms with Gasteiger partial charge in [-0.1, -0.05) is 102 Å². The lowest BCUT2D eigenvalue weighted by Crippen LogP contribution is -2.64. The number of carboxylic acid groups (broad SMARTS) is 1. The Morgan fingerprint density at radius 2 is 1.61 bits per heavy atom. The smallest absolute Gasteiger partial charge is 0.355 e. The number of para-hydroxylation sites is 1. The zero-order valence-electron chi connectivity index (χ0n) is 56.3. The molecule has 4 saturated carbocycles. The van der Waals surface area contributed by atoms with E-state index in [4.69, 9.17) is 24.9 Å². The summed E-state index contributed by atoms with van der Waals surface area (Å²) in [5.41, 5.74) is 9.35. The van der Waals surface area contributed by atoms with Gasteiger partial charge in [-0.25, -0.2) is 19.7 Å². The van der Waals surface area contributed by atoms with Gasteiger partial charge in [0.05, 0.1) is 56.8 Å². The van der Waals surface area contributed by atoms with Crippen molar-refractivity contribution in [3.8, 4) is 21.6 Å². The van der Waals surface area contributed by atoms with Gasteiger partial charge in [-0.15, -0.1) is 21.5 Å². The first-order valence-corrected chi connectivity index (χ1v) is 35.4. The van der Waals surface area contributed by atoms with Crippen LogP contribution in [0.5, 0.6) is 0 Å². The van der Waals surface area contributed by atoms with Crippen molar-refractivity contribution in [2.24, 2.45) is 21.7 Å². The molecule has 4 aliphatic carbocycles. The van der Waals surface area contributed by atoms with Crippen LogP contribution in [-0.4, -0.2) is 142 Å². The Balaban J connectivity index is 0.598. The molecule has 94 heavy (non-hydrogen) atoms. The fourth-order valence-corrected chi connectivity index (χ4v) is 18.9. The maximum absolute atomic E-state index is 14.3. The minimum atomic E-state index is -1.10. The Morgan fingerprint density at radius 1 is 0.862 bits per heavy atom. The Labute approximate surface area is 560 Å². The van der Waals surface area contributed by atoms with Crippen molar-refractivity contribution in [2.45, 2.75) is 195 Å². The lowest BCUT2D eigenvalue weighted by Gasteiger charge is -2.69. The van der Waals surface area contributed by atoms with Gasteiger partial charge in [0.2, 0.25) is 17.7 Å². The van der Waals surface area contributed by atoms with Gasteiger partial charge in [0, 0.05) is 67.0 Å². The van der Waals surface area contributed by atoms with E-state index in [1.54, 1.807) is 22.7 Å². The number of aliphatic hydroxyl groups excluding tert-OH is 1. The van der Waals surface area contributed by atoms with E-state index in [1.165, 1.54) is 11.3 Å². The molecule has 3 amide bonds. The second kappa shape index (κ2) is 26.8. The van der Waals surface area contributed by atoms with E-state index in [0.717, 1.165) is 150 Å². The van der Waals surface area contributed by atoms with Crippen molar-refractivity contribution in [3.05, 3.63) is 106 Å². The van der Waals surface area contributed by atoms with Gasteiger partial charge in [0.1, 0.15) is 17.9 Å². The predicted molar refractivity (Wildman–Crippen MR) is 369 cm³/mol. The van der Waals surface area contributed by atoms with Gasteiger partial charge in [-0.05, 0) is 163 Å². The van der Waals surface area contributed by atoms with E-state index in [1.807, 2.05) is 113 Å². The van der Waals surface area contributed by atoms with E-state index in [2.05, 4.69) is 69.5 Å². The summed E-state index contributed by atoms with van der Waals surface area (Å²) in [4.78, 5) is 75.6. The molecule has 8 atom stereocenters. The number of aryl methyl sites for hydroxylation is 1. The third-order valence-corrected chi connectivity index (χ3v) is 22.6. The highest BCUT2D eigenvalue weighted by atomic mass is 32.1. The first-order chi connectivity index (χ1) is 44.8. The monoisotopic (exact) mass is 1320 g/mol. The number of fused-ring (bicyclic) bond motifs is 2. The topological polar surface area (TPSA) is 246 Å². The van der Waals surface area contributed by atoms with Crippen molar-refractivity contribution in [3.63, 3.8) is 0 Å². The minimum Gasteiger partial charge on any atom is -0.476 e. The van der Waals surface area contributed by atoms with Crippen LogP contribution >= 0.6 is 22.7 Å². The molecule has 500 valence electrons. The third kappa shape index (κ3) is 14.2. The molecule has 22 heteroatoms. The second-order valence-corrected chi connectivity index (χ2v) is 31.8. The number of carboxylic acids is 1. The molecule has 0 radical (unpaired) electrons. The summed E-state index contributed by atoms with van der Waals surface area (Å²) in [5, 5.41) is 46.1. The molecular weight excluding hydrogens is 1220 g/mol. The van der Waals surface area contributed by atoms with Crippen molar-refractivity contribution in [1.29, 1.82) is 0 Å². The number of unbranched alkanes of at least 4 members (excludes halogenated alkanes) is 4. The average Bonchev–Trinajstić information content (AvgIpc) is 0.720. The Bertz CT molecular complexity index is 3900. The Kier molecular flexibility index (Phi) is 19.0. The fraction of sp³-hybridized carbons (Fsp3) is 0.556. The van der Waals surface area contributed by atoms with Crippen LogP contribution in [0.25, 0.3) is 31.8 Å². The molecule has 7 aromatic rings. The molecular formula is C72H93N13O7S2. The highest BCUT2D eigenvalue weighted by molar-refractivity contribution is 7.22. The number of thiazole rings is 2. The summed E-state index contributed by atoms with van der Waals surface area (Å²) in [6, 6.07) is 17.8. The highest BCUT2D eigenvalue weighted by Gasteiger charge is 2.66. The van der Waals surface area contributed by atoms with Gasteiger partial charge < -0.3 is 45.6 Å². The van der Waals surface area contributed by atoms with E-state index in [9.17, 15) is 29.4 Å². The largest absolute Gasteiger partial charge is 0.476 e. The number of aromatic nitrogens is 7. The van der Waals surface area contributed by atoms with Crippen LogP contribution in [0.15, 0.2) is 72.4 Å². The number of β-amino-alcohol motifs (C(OH)–C–C–N with tert-alkyl or cyclic N) is 1. The van der Waals surface area contributed by atoms with Gasteiger partial charge in [0.25, 0.3) is 0 Å². The summed E-state index contributed by atoms with van der Waals surface area (Å²) in [7, 11) is 2.17. The van der Waals surface area contributed by atoms with E-state index in [0.29, 0.717) is 49.0 Å². The van der Waals surface area contributed by atoms with Crippen molar-refractivity contribution in [1.82, 2.24) is 55.4 Å². The van der Waals surface area contributed by atoms with E-state index in [-0.39, 0.29) is 64.3 Å². The van der Waals surface area contributed by atoms with Gasteiger partial charge >= 0.3 is 5.97 Å². The number of likely N-dealkylation sites (N-methyl/N-ethyl adjacent to an activating group) is 1. The number of ether oxygens (including phenoxy) is 1. The Hall–Kier alpha value is -7.24. The van der Waals surface area contributed by atoms with Gasteiger partial charge in [-0.2, -0.15) is 5.10 Å². The third-order valence-electron chi connectivity index (χ3n) is 20.7. The van der Waals surface area contributed by atoms with Crippen molar-refractivity contribution in [2.75, 3.05) is 50.1 Å². The zero-order chi connectivity index (χ0) is 66.5. The molecule has 0 spiro atoms. The molecule has 2 unspecified atom stereocenters. The summed E-state index contributed by atoms with van der Waals surface area (Å²) in [6.45, 7) is 22.5. The number of likely N-dealkylation sites (tertiary alicyclic amines) is 1. The molecule has 20 nitrogen and oxygen atoms in total. The maximum atomic E-state index is 14.3. The molecule has 4 bridgehead atoms. The lowest BCUT2D eigenvalue weighted by atomic mass is 9.39. The van der Waals surface area contributed by atoms with Crippen LogP contribution < -0.4 is 20.9 Å². The van der Waals surface area contributed by atoms with Crippen molar-refractivity contribution >= 4 is 79.2 Å². The number of aromatic carboxylic acids is 1. The standard InChI is InChI=1S/C72H93N13O7S2/c1-44-51-19-18-30-83(63(51)81-80-62(44)79-67-76-54-20-15-16-21-56(54)94-67)57-28-27-52(59(77-57)66(90)91)53-34-74-85(47(53)4)42-71-37-69(8)36-70(9,38-71)40-72(39-69,41-71)92-32-31-82(10)29-17-13-11-12-14-22-58(87)78-61(68(5,6)7)65(89)84-35-50(86)33-55(84)64(88)75-45(2)48-23-25-49(26-24-48)60-46(3)73-43-93-60/h15-16,20-21,23-28,34,43,45,50,55,61,86H,11-14,17-19,22,29-33,35-42H2,1-10H3,(H,75,88)(H,78,87)(H,90,91)(H,76,79,80)/t45-,50+,55-,61+,69-,70+,71?,72?/m0/s1. The number of hydrogen-bond acceptors (Lipinski definition) is 17. The summed E-state index contributed by atoms with van der Waals surface area (Å²) >= 11 is 3.16. The van der Waals surface area contributed by atoms with E-state index < -0.39 is 29.6 Å². The van der Waals surface area contributed by atoms with Crippen LogP contribution in [0.4, 0.5) is 22.6 Å². The highest BCUT2D eigenvalue weighted by Crippen LogP contribution is 2.72. The van der Waals surface area contributed by atoms with Crippen LogP contribution in [0.1, 0.15) is 176 Å². The molecule has 5 N–H and O–H groups in total. The zero-order valence-corrected chi connectivity index (χ0v) is 57.9. The number of carbonyl (C=O) groups excluding carboxylic acids is 3. The predicted octanol–water partition coefficient (Wildman–Crippen LogP) is 12.7. The average molecular weight is 1320 g/mol. The van der Waals surface area contributed by atoms with Crippen molar-refractivity contribution < 1.29 is 34.1 Å². The summed E-state index contributed by atoms with van der Waals surface area (Å²) in [6.07, 6.45) is 14.2. The number of amides is 3. The first kappa shape index (κ1) is 66.8. The molecule has 13 rings (SSSR count). The number of nitrogens with zero attached hydrogens (tertiary/aromatic N) is 10. The van der Waals surface area contributed by atoms with Crippen LogP contribution in [-0.2, 0) is 32.1 Å². The molecule has 2 aliphatic heterocycles. The van der Waals surface area contributed by atoms with Gasteiger partial charge in [0.15, 0.2) is 22.5 Å². The number of anilines is 4. The number of rotatable bonds is 25. The van der Waals surface area contributed by atoms with Gasteiger partial charge in [-0.3, -0.25) is 19.1 Å². The summed E-state index contributed by atoms with van der Waals surface area (Å²) in [5.74, 6) is -0.134. The number of hydrogen-bond donors (Lipinski definition) is 5. The number of benzene rings is 2. The quantitative estimate of drug-likeness (QED) is 0.0334. The first-order valence-electron chi connectivity index (χ1n) is 33.7. The number of carbonyl (C=O) groups is 4. The second-order valence-electron chi connectivity index (χ2n) is 29.9. The van der Waals surface area contributed by atoms with Crippen LogP contribution in [0.2, 0.25) is 0 Å². The number of pyridine rings is 1. The SMILES string of the molecule is Cc1ncsc1-c1ccc([C@H](C)NC(=O)[C@@H]2C[C@@H](O)CN2C(=O)[C@@H](NC(=O)CCCCCCCN(C)CCOC23CC4(Cn5ncc(-c6ccc(N7CCCc8c7nnc(Nc7nc9ccccc9s7)c8C)nc6C(=O)O)c5C)C[C@@](C)(C2)C[C@](C)(C4)C3)C(C)(C)C)cc1. The number of aliphatic hydroxyl groups is 1. The molecule has 2 aromatic carbocycles. The van der Waals surface area contributed by atoms with E-state index >= 15 is 0 Å². The molecule has 5 aromatic heterocycles. The lowest BCUT2D eigenvalue weighted by molar-refractivity contribution is -0.248. The summed E-state index contributed by atoms with van der Waals surface area (Å²) < 4.78 is 10.4.